The molecule has 1 heterocycles. The van der Waals surface area contributed by atoms with Crippen LogP contribution >= 0.6 is 22.9 Å². The molecule has 1 aromatic heterocycles. The molecule has 0 aliphatic heterocycles. The van der Waals surface area contributed by atoms with E-state index in [4.69, 9.17) is 16.3 Å². The third-order valence-electron chi connectivity index (χ3n) is 2.53. The Balaban J connectivity index is 2.06. The summed E-state index contributed by atoms with van der Waals surface area (Å²) in [6.07, 6.45) is 0.291. The van der Waals surface area contributed by atoms with E-state index < -0.39 is 0 Å². The minimum absolute atomic E-state index is 0.118. The molecule has 0 radical (unpaired) electrons. The van der Waals surface area contributed by atoms with Gasteiger partial charge in [0.25, 0.3) is 0 Å². The summed E-state index contributed by atoms with van der Waals surface area (Å²) in [5.41, 5.74) is 1.82. The highest BCUT2D eigenvalue weighted by Crippen LogP contribution is 2.26. The molecule has 6 heteroatoms. The number of nitrogens with one attached hydrogen (secondary N) is 1. The summed E-state index contributed by atoms with van der Waals surface area (Å²) in [5.74, 6) is 1.03. The average Bonchev–Trinajstić information content (AvgIpc) is 2.88. The van der Waals surface area contributed by atoms with Gasteiger partial charge in [0.15, 0.2) is 5.13 Å². The summed E-state index contributed by atoms with van der Waals surface area (Å²) >= 11 is 6.91. The van der Waals surface area contributed by atoms with E-state index in [9.17, 15) is 4.79 Å². The van der Waals surface area contributed by atoms with Crippen molar-refractivity contribution < 1.29 is 9.53 Å². The van der Waals surface area contributed by atoms with Gasteiger partial charge in [-0.3, -0.25) is 4.79 Å². The number of halogens is 1. The summed E-state index contributed by atoms with van der Waals surface area (Å²) in [4.78, 5) is 15.8. The van der Waals surface area contributed by atoms with Gasteiger partial charge in [0.2, 0.25) is 5.91 Å². The molecule has 0 bridgehead atoms. The Morgan fingerprint density at radius 1 is 1.40 bits per heavy atom. The van der Waals surface area contributed by atoms with Gasteiger partial charge in [0.05, 0.1) is 12.3 Å². The van der Waals surface area contributed by atoms with Gasteiger partial charge in [-0.25, -0.2) is 4.98 Å². The van der Waals surface area contributed by atoms with Gasteiger partial charge in [-0.05, 0) is 31.2 Å². The van der Waals surface area contributed by atoms with Crippen LogP contribution in [0.25, 0.3) is 11.3 Å². The Morgan fingerprint density at radius 2 is 2.15 bits per heavy atom. The molecule has 1 aromatic carbocycles. The molecule has 0 spiro atoms. The Hall–Kier alpha value is -1.59. The van der Waals surface area contributed by atoms with E-state index in [0.717, 1.165) is 17.0 Å². The fraction of sp³-hybridized carbons (Fsp3) is 0.286. The lowest BCUT2D eigenvalue weighted by molar-refractivity contribution is -0.115. The lowest BCUT2D eigenvalue weighted by Gasteiger charge is -2.03. The second kappa shape index (κ2) is 7.26. The highest BCUT2D eigenvalue weighted by Gasteiger charge is 2.07. The first-order valence-corrected chi connectivity index (χ1v) is 7.69. The van der Waals surface area contributed by atoms with Crippen molar-refractivity contribution >= 4 is 34.0 Å². The van der Waals surface area contributed by atoms with Crippen molar-refractivity contribution in [2.45, 2.75) is 13.3 Å². The van der Waals surface area contributed by atoms with Crippen molar-refractivity contribution in [3.05, 3.63) is 29.6 Å². The third kappa shape index (κ3) is 3.95. The van der Waals surface area contributed by atoms with E-state index in [1.54, 1.807) is 0 Å². The van der Waals surface area contributed by atoms with Crippen LogP contribution in [0.2, 0.25) is 0 Å². The molecule has 2 rings (SSSR count). The number of rotatable bonds is 6. The molecule has 4 nitrogen and oxygen atoms in total. The normalized spacial score (nSPS) is 10.3. The van der Waals surface area contributed by atoms with Gasteiger partial charge in [0.1, 0.15) is 5.75 Å². The standard InChI is InChI=1S/C14H15ClN2O2S/c1-2-19-11-5-3-10(4-6-11)12-9-20-14(16-12)17-13(18)7-8-15/h3-6,9H,2,7-8H2,1H3,(H,16,17,18). The van der Waals surface area contributed by atoms with Gasteiger partial charge >= 0.3 is 0 Å². The number of hydrogen-bond acceptors (Lipinski definition) is 4. The second-order valence-electron chi connectivity index (χ2n) is 3.98. The van der Waals surface area contributed by atoms with Gasteiger partial charge < -0.3 is 10.1 Å². The van der Waals surface area contributed by atoms with Crippen molar-refractivity contribution in [3.63, 3.8) is 0 Å². The fourth-order valence-corrected chi connectivity index (χ4v) is 2.53. The van der Waals surface area contributed by atoms with Crippen LogP contribution in [0.3, 0.4) is 0 Å². The van der Waals surface area contributed by atoms with E-state index in [0.29, 0.717) is 24.0 Å². The molecule has 20 heavy (non-hydrogen) atoms. The van der Waals surface area contributed by atoms with E-state index >= 15 is 0 Å². The van der Waals surface area contributed by atoms with Crippen LogP contribution < -0.4 is 10.1 Å². The first kappa shape index (κ1) is 14.8. The predicted molar refractivity (Wildman–Crippen MR) is 82.7 cm³/mol. The smallest absolute Gasteiger partial charge is 0.227 e. The molecule has 0 saturated carbocycles. The minimum Gasteiger partial charge on any atom is -0.494 e. The van der Waals surface area contributed by atoms with Crippen molar-refractivity contribution in [1.29, 1.82) is 0 Å². The number of carbonyl (C=O) groups excluding carboxylic acids is 1. The summed E-state index contributed by atoms with van der Waals surface area (Å²) in [6, 6.07) is 7.71. The van der Waals surface area contributed by atoms with Crippen molar-refractivity contribution in [3.8, 4) is 17.0 Å². The molecule has 106 valence electrons. The quantitative estimate of drug-likeness (QED) is 0.826. The van der Waals surface area contributed by atoms with Crippen LogP contribution in [0.15, 0.2) is 29.6 Å². The summed E-state index contributed by atoms with van der Waals surface area (Å²) in [6.45, 7) is 2.59. The Morgan fingerprint density at radius 3 is 2.80 bits per heavy atom. The van der Waals surface area contributed by atoms with Crippen LogP contribution in [0.1, 0.15) is 13.3 Å². The maximum Gasteiger partial charge on any atom is 0.227 e. The number of ether oxygens (including phenoxy) is 1. The maximum absolute atomic E-state index is 11.4. The van der Waals surface area contributed by atoms with Crippen LogP contribution in [0.4, 0.5) is 5.13 Å². The highest BCUT2D eigenvalue weighted by atomic mass is 35.5. The molecule has 0 fully saturated rings. The average molecular weight is 311 g/mol. The van der Waals surface area contributed by atoms with E-state index in [1.807, 2.05) is 36.6 Å². The lowest BCUT2D eigenvalue weighted by atomic mass is 10.2. The molecule has 0 aliphatic carbocycles. The van der Waals surface area contributed by atoms with Gasteiger partial charge in [0, 0.05) is 23.2 Å². The summed E-state index contributed by atoms with van der Waals surface area (Å²) in [7, 11) is 0. The number of aromatic nitrogens is 1. The number of anilines is 1. The molecule has 2 aromatic rings. The summed E-state index contributed by atoms with van der Waals surface area (Å²) in [5, 5.41) is 5.22. The third-order valence-corrected chi connectivity index (χ3v) is 3.48. The van der Waals surface area contributed by atoms with Crippen LogP contribution in [-0.4, -0.2) is 23.4 Å². The predicted octanol–water partition coefficient (Wildman–Crippen LogP) is 3.78. The molecule has 0 aliphatic rings. The lowest BCUT2D eigenvalue weighted by Crippen LogP contribution is -2.11. The van der Waals surface area contributed by atoms with Crippen LogP contribution in [0, 0.1) is 0 Å². The van der Waals surface area contributed by atoms with Crippen LogP contribution in [-0.2, 0) is 4.79 Å². The Bertz CT molecular complexity index is 569. The number of amides is 1. The largest absolute Gasteiger partial charge is 0.494 e. The molecule has 1 N–H and O–H groups in total. The number of hydrogen-bond donors (Lipinski definition) is 1. The number of nitrogens with zero attached hydrogens (tertiary/aromatic N) is 1. The number of carbonyl (C=O) groups is 1. The molecule has 0 unspecified atom stereocenters. The SMILES string of the molecule is CCOc1ccc(-c2csc(NC(=O)CCCl)n2)cc1. The Kier molecular flexibility index (Phi) is 5.38. The molecular formula is C14H15ClN2O2S. The fourth-order valence-electron chi connectivity index (χ4n) is 1.62. The summed E-state index contributed by atoms with van der Waals surface area (Å²) < 4.78 is 5.39. The first-order valence-electron chi connectivity index (χ1n) is 6.27. The number of alkyl halides is 1. The van der Waals surface area contributed by atoms with E-state index in [-0.39, 0.29) is 5.91 Å². The molecule has 0 saturated heterocycles. The number of thiazole rings is 1. The zero-order valence-corrected chi connectivity index (χ0v) is 12.6. The van der Waals surface area contributed by atoms with Crippen molar-refractivity contribution in [2.75, 3.05) is 17.8 Å². The van der Waals surface area contributed by atoms with Gasteiger partial charge in [-0.1, -0.05) is 0 Å². The maximum atomic E-state index is 11.4. The zero-order chi connectivity index (χ0) is 14.4. The Labute approximate surface area is 126 Å². The molecule has 0 atom stereocenters. The minimum atomic E-state index is -0.118. The first-order chi connectivity index (χ1) is 9.72. The van der Waals surface area contributed by atoms with Crippen LogP contribution in [0.5, 0.6) is 5.75 Å². The molecular weight excluding hydrogens is 296 g/mol. The topological polar surface area (TPSA) is 51.2 Å². The highest BCUT2D eigenvalue weighted by molar-refractivity contribution is 7.14. The monoisotopic (exact) mass is 310 g/mol. The van der Waals surface area contributed by atoms with Crippen molar-refractivity contribution in [1.82, 2.24) is 4.98 Å². The van der Waals surface area contributed by atoms with Gasteiger partial charge in [-0.2, -0.15) is 0 Å². The van der Waals surface area contributed by atoms with Crippen molar-refractivity contribution in [2.24, 2.45) is 0 Å². The second-order valence-corrected chi connectivity index (χ2v) is 5.22. The zero-order valence-electron chi connectivity index (χ0n) is 11.1. The van der Waals surface area contributed by atoms with Gasteiger partial charge in [-0.15, -0.1) is 22.9 Å². The van der Waals surface area contributed by atoms with E-state index in [1.165, 1.54) is 11.3 Å². The van der Waals surface area contributed by atoms with E-state index in [2.05, 4.69) is 10.3 Å². The molecule has 1 amide bonds. The number of benzene rings is 1.